The molecule has 1 aliphatic heterocycles. The monoisotopic (exact) mass is 434 g/mol. The number of alkyl halides is 2. The topological polar surface area (TPSA) is 79.0 Å². The van der Waals surface area contributed by atoms with Gasteiger partial charge in [0.05, 0.1) is 22.2 Å². The van der Waals surface area contributed by atoms with Crippen LogP contribution in [0.25, 0.3) is 32.8 Å². The summed E-state index contributed by atoms with van der Waals surface area (Å²) in [5, 5.41) is 8.63. The number of amides is 1. The van der Waals surface area contributed by atoms with Crippen LogP contribution in [-0.2, 0) is 0 Å². The number of aryl methyl sites for hydroxylation is 1. The smallest absolute Gasteiger partial charge is 0.272 e. The summed E-state index contributed by atoms with van der Waals surface area (Å²) in [5.74, 6) is -2.99. The van der Waals surface area contributed by atoms with Gasteiger partial charge in [-0.05, 0) is 30.7 Å². The Morgan fingerprint density at radius 3 is 2.66 bits per heavy atom. The number of fused-ring (bicyclic) bond motifs is 2. The molecule has 0 aliphatic carbocycles. The molecule has 0 saturated carbocycles. The van der Waals surface area contributed by atoms with Crippen molar-refractivity contribution in [3.63, 3.8) is 0 Å². The van der Waals surface area contributed by atoms with Crippen LogP contribution in [0.15, 0.2) is 53.5 Å². The lowest BCUT2D eigenvalue weighted by atomic mass is 9.98. The van der Waals surface area contributed by atoms with Gasteiger partial charge in [-0.3, -0.25) is 14.6 Å². The van der Waals surface area contributed by atoms with Crippen molar-refractivity contribution in [3.05, 3.63) is 70.3 Å². The molecule has 32 heavy (non-hydrogen) atoms. The largest absolute Gasteiger partial charge is 0.338 e. The third-order valence-corrected chi connectivity index (χ3v) is 6.03. The summed E-state index contributed by atoms with van der Waals surface area (Å²) in [7, 11) is 0. The normalized spacial score (nSPS) is 15.9. The van der Waals surface area contributed by atoms with E-state index < -0.39 is 5.92 Å². The van der Waals surface area contributed by atoms with Crippen molar-refractivity contribution in [2.75, 3.05) is 13.1 Å². The van der Waals surface area contributed by atoms with E-state index in [0.717, 1.165) is 27.6 Å². The highest BCUT2D eigenvalue weighted by Gasteiger charge is 2.35. The van der Waals surface area contributed by atoms with Crippen molar-refractivity contribution in [3.8, 4) is 11.1 Å². The minimum atomic E-state index is -2.70. The number of nitrogens with zero attached hydrogens (tertiary/aromatic N) is 3. The molecular weight excluding hydrogens is 414 g/mol. The van der Waals surface area contributed by atoms with E-state index in [1.807, 2.05) is 37.3 Å². The van der Waals surface area contributed by atoms with E-state index in [4.69, 9.17) is 0 Å². The molecule has 1 fully saturated rings. The first kappa shape index (κ1) is 20.2. The fourth-order valence-corrected chi connectivity index (χ4v) is 4.19. The first-order valence-corrected chi connectivity index (χ1v) is 10.4. The van der Waals surface area contributed by atoms with Crippen molar-refractivity contribution < 1.29 is 13.6 Å². The second-order valence-corrected chi connectivity index (χ2v) is 8.15. The van der Waals surface area contributed by atoms with Crippen LogP contribution in [0.3, 0.4) is 0 Å². The molecule has 2 aromatic heterocycles. The number of nitrogens with one attached hydrogen (secondary N) is 1. The van der Waals surface area contributed by atoms with Crippen LogP contribution in [0.2, 0.25) is 0 Å². The van der Waals surface area contributed by atoms with Gasteiger partial charge in [0.2, 0.25) is 0 Å². The van der Waals surface area contributed by atoms with Crippen LogP contribution in [0.1, 0.15) is 28.9 Å². The first-order valence-electron chi connectivity index (χ1n) is 10.4. The molecular formula is C24H20F2N4O2. The number of rotatable bonds is 2. The van der Waals surface area contributed by atoms with E-state index >= 15 is 0 Å². The Labute approximate surface area is 181 Å². The molecule has 6 nitrogen and oxygen atoms in total. The Morgan fingerprint density at radius 1 is 1.09 bits per heavy atom. The van der Waals surface area contributed by atoms with E-state index in [1.54, 1.807) is 12.1 Å². The van der Waals surface area contributed by atoms with Crippen LogP contribution in [0.5, 0.6) is 0 Å². The molecule has 1 aliphatic rings. The number of pyridine rings is 1. The van der Waals surface area contributed by atoms with Crippen LogP contribution in [-0.4, -0.2) is 45.0 Å². The number of aromatic amines is 1. The lowest BCUT2D eigenvalue weighted by Crippen LogP contribution is -2.42. The minimum Gasteiger partial charge on any atom is -0.338 e. The maximum absolute atomic E-state index is 13.4. The quantitative estimate of drug-likeness (QED) is 0.510. The predicted octanol–water partition coefficient (Wildman–Crippen LogP) is 4.32. The zero-order valence-electron chi connectivity index (χ0n) is 17.4. The van der Waals surface area contributed by atoms with E-state index in [1.165, 1.54) is 11.1 Å². The highest BCUT2D eigenvalue weighted by molar-refractivity contribution is 6.01. The molecule has 2 aromatic carbocycles. The van der Waals surface area contributed by atoms with Gasteiger partial charge in [0.25, 0.3) is 17.4 Å². The van der Waals surface area contributed by atoms with Gasteiger partial charge in [0, 0.05) is 48.5 Å². The Balaban J connectivity index is 1.53. The van der Waals surface area contributed by atoms with Crippen LogP contribution >= 0.6 is 0 Å². The molecule has 0 spiro atoms. The van der Waals surface area contributed by atoms with Gasteiger partial charge in [-0.1, -0.05) is 24.3 Å². The molecule has 3 heterocycles. The van der Waals surface area contributed by atoms with Gasteiger partial charge in [-0.15, -0.1) is 0 Å². The minimum absolute atomic E-state index is 0.0352. The number of halogens is 2. The van der Waals surface area contributed by atoms with E-state index in [-0.39, 0.29) is 37.4 Å². The average Bonchev–Trinajstić information content (AvgIpc) is 2.80. The Bertz CT molecular complexity index is 1420. The Kier molecular flexibility index (Phi) is 4.73. The highest BCUT2D eigenvalue weighted by atomic mass is 19.3. The zero-order valence-corrected chi connectivity index (χ0v) is 17.4. The van der Waals surface area contributed by atoms with Crippen LogP contribution in [0, 0.1) is 6.92 Å². The molecule has 1 N–H and O–H groups in total. The third kappa shape index (κ3) is 3.51. The predicted molar refractivity (Wildman–Crippen MR) is 118 cm³/mol. The molecule has 4 aromatic rings. The molecule has 0 atom stereocenters. The van der Waals surface area contributed by atoms with Gasteiger partial charge >= 0.3 is 0 Å². The molecule has 0 bridgehead atoms. The summed E-state index contributed by atoms with van der Waals surface area (Å²) in [4.78, 5) is 30.9. The van der Waals surface area contributed by atoms with Crippen molar-refractivity contribution in [2.24, 2.45) is 0 Å². The fraction of sp³-hybridized carbons (Fsp3) is 0.250. The van der Waals surface area contributed by atoms with E-state index in [9.17, 15) is 18.4 Å². The number of carbonyl (C=O) groups is 1. The van der Waals surface area contributed by atoms with E-state index in [2.05, 4.69) is 15.2 Å². The second-order valence-electron chi connectivity index (χ2n) is 8.15. The second kappa shape index (κ2) is 7.47. The van der Waals surface area contributed by atoms with Crippen molar-refractivity contribution >= 4 is 27.6 Å². The summed E-state index contributed by atoms with van der Waals surface area (Å²) in [6.45, 7) is 1.90. The average molecular weight is 434 g/mol. The molecule has 5 rings (SSSR count). The number of carbonyl (C=O) groups excluding carboxylic acids is 1. The molecule has 0 unspecified atom stereocenters. The van der Waals surface area contributed by atoms with Gasteiger partial charge in [0.15, 0.2) is 0 Å². The zero-order chi connectivity index (χ0) is 22.5. The molecule has 1 amide bonds. The number of benzene rings is 2. The Hall–Kier alpha value is -3.68. The SMILES string of the molecule is Cc1n[nH]c(=O)c2ccc(-c3cccc4cc(C(=O)N5CCC(F)(F)CC5)cnc34)cc12. The summed E-state index contributed by atoms with van der Waals surface area (Å²) in [6.07, 6.45) is 0.866. The molecule has 1 saturated heterocycles. The number of aromatic nitrogens is 3. The van der Waals surface area contributed by atoms with Crippen molar-refractivity contribution in [1.82, 2.24) is 20.1 Å². The standard InChI is InChI=1S/C24H20F2N4O2/c1-14-20-12-15(5-6-19(20)22(31)29-28-14)18-4-2-3-16-11-17(13-27-21(16)18)23(32)30-9-7-24(25,26)8-10-30/h2-6,11-13H,7-10H2,1H3,(H,29,31). The summed E-state index contributed by atoms with van der Waals surface area (Å²) in [5.41, 5.74) is 3.31. The number of hydrogen-bond donors (Lipinski definition) is 1. The summed E-state index contributed by atoms with van der Waals surface area (Å²) < 4.78 is 26.9. The third-order valence-electron chi connectivity index (χ3n) is 6.03. The number of hydrogen-bond acceptors (Lipinski definition) is 4. The number of piperidine rings is 1. The van der Waals surface area contributed by atoms with E-state index in [0.29, 0.717) is 16.5 Å². The van der Waals surface area contributed by atoms with Crippen LogP contribution < -0.4 is 5.56 Å². The lowest BCUT2D eigenvalue weighted by Gasteiger charge is -2.31. The fourth-order valence-electron chi connectivity index (χ4n) is 4.19. The van der Waals surface area contributed by atoms with Crippen LogP contribution in [0.4, 0.5) is 8.78 Å². The van der Waals surface area contributed by atoms with Crippen molar-refractivity contribution in [1.29, 1.82) is 0 Å². The maximum atomic E-state index is 13.4. The van der Waals surface area contributed by atoms with Gasteiger partial charge in [-0.25, -0.2) is 13.9 Å². The molecule has 8 heteroatoms. The first-order chi connectivity index (χ1) is 15.3. The maximum Gasteiger partial charge on any atom is 0.272 e. The molecule has 162 valence electrons. The number of H-pyrrole nitrogens is 1. The van der Waals surface area contributed by atoms with Gasteiger partial charge in [0.1, 0.15) is 0 Å². The lowest BCUT2D eigenvalue weighted by molar-refractivity contribution is -0.0494. The van der Waals surface area contributed by atoms with Crippen molar-refractivity contribution in [2.45, 2.75) is 25.7 Å². The summed E-state index contributed by atoms with van der Waals surface area (Å²) in [6, 6.07) is 13.0. The number of para-hydroxylation sites is 1. The summed E-state index contributed by atoms with van der Waals surface area (Å²) >= 11 is 0. The number of likely N-dealkylation sites (tertiary alicyclic amines) is 1. The molecule has 0 radical (unpaired) electrons. The van der Waals surface area contributed by atoms with Gasteiger partial charge < -0.3 is 4.90 Å². The van der Waals surface area contributed by atoms with Gasteiger partial charge in [-0.2, -0.15) is 5.10 Å². The Morgan fingerprint density at radius 2 is 1.88 bits per heavy atom. The highest BCUT2D eigenvalue weighted by Crippen LogP contribution is 2.31.